The fraction of sp³-hybridized carbons (Fsp3) is 0.882. The normalized spacial score (nSPS) is 20.1. The maximum Gasteiger partial charge on any atom is 0.243 e. The summed E-state index contributed by atoms with van der Waals surface area (Å²) in [5.74, 6) is 3.18. The average molecular weight is 501 g/mol. The smallest absolute Gasteiger partial charge is 0.243 e. The molecule has 1 amide bonds. The van der Waals surface area contributed by atoms with Crippen LogP contribution in [0.3, 0.4) is 0 Å². The first-order valence-electron chi connectivity index (χ1n) is 8.93. The molecule has 146 valence electrons. The van der Waals surface area contributed by atoms with E-state index in [4.69, 9.17) is 0 Å². The number of hydrogen-bond acceptors (Lipinski definition) is 4. The Morgan fingerprint density at radius 3 is 2.68 bits per heavy atom. The highest BCUT2D eigenvalue weighted by molar-refractivity contribution is 14.0. The first-order chi connectivity index (χ1) is 11.6. The van der Waals surface area contributed by atoms with Crippen molar-refractivity contribution in [3.8, 4) is 0 Å². The number of rotatable bonds is 5. The van der Waals surface area contributed by atoms with Gasteiger partial charge >= 0.3 is 0 Å². The topological polar surface area (TPSA) is 47.9 Å². The number of nitrogens with one attached hydrogen (secondary N) is 1. The number of nitrogens with zero attached hydrogens (tertiary/aromatic N) is 3. The number of guanidine groups is 1. The van der Waals surface area contributed by atoms with Crippen LogP contribution in [-0.4, -0.2) is 84.4 Å². The Labute approximate surface area is 178 Å². The number of carbonyl (C=O) groups excluding carboxylic acids is 1. The lowest BCUT2D eigenvalue weighted by Crippen LogP contribution is -2.54. The minimum absolute atomic E-state index is 0. The largest absolute Gasteiger partial charge is 0.355 e. The molecule has 0 aromatic rings. The second-order valence-corrected chi connectivity index (χ2v) is 9.41. The standard InChI is InChI=1S/C17H32N4OS2.HI/c1-20(2)15(22)13-19-16(18-9-11-23-3)21-10-12-24-17(14-21)7-5-4-6-8-17;/h4-14H2,1-3H3,(H,18,19);1H. The van der Waals surface area contributed by atoms with Crippen LogP contribution in [-0.2, 0) is 4.79 Å². The van der Waals surface area contributed by atoms with Gasteiger partial charge in [0.1, 0.15) is 6.54 Å². The van der Waals surface area contributed by atoms with Gasteiger partial charge in [-0.3, -0.25) is 4.79 Å². The van der Waals surface area contributed by atoms with Crippen molar-refractivity contribution in [3.63, 3.8) is 0 Å². The van der Waals surface area contributed by atoms with Gasteiger partial charge in [0.05, 0.1) is 0 Å². The van der Waals surface area contributed by atoms with Gasteiger partial charge in [-0.05, 0) is 19.1 Å². The summed E-state index contributed by atoms with van der Waals surface area (Å²) in [6, 6.07) is 0. The van der Waals surface area contributed by atoms with Gasteiger partial charge in [-0.2, -0.15) is 23.5 Å². The molecule has 1 aliphatic heterocycles. The number of thioether (sulfide) groups is 2. The van der Waals surface area contributed by atoms with Crippen LogP contribution in [0.2, 0.25) is 0 Å². The minimum atomic E-state index is 0. The van der Waals surface area contributed by atoms with E-state index in [1.165, 1.54) is 32.1 Å². The maximum atomic E-state index is 11.9. The maximum absolute atomic E-state index is 11.9. The highest BCUT2D eigenvalue weighted by Crippen LogP contribution is 2.42. The van der Waals surface area contributed by atoms with Crippen LogP contribution in [0.25, 0.3) is 0 Å². The summed E-state index contributed by atoms with van der Waals surface area (Å²) in [5, 5.41) is 3.48. The molecule has 1 spiro atoms. The van der Waals surface area contributed by atoms with Crippen LogP contribution >= 0.6 is 47.5 Å². The fourth-order valence-electron chi connectivity index (χ4n) is 3.34. The zero-order valence-electron chi connectivity index (χ0n) is 15.8. The molecule has 5 nitrogen and oxygen atoms in total. The van der Waals surface area contributed by atoms with Gasteiger partial charge in [-0.15, -0.1) is 24.0 Å². The highest BCUT2D eigenvalue weighted by atomic mass is 127. The van der Waals surface area contributed by atoms with Gasteiger partial charge in [0, 0.05) is 50.0 Å². The van der Waals surface area contributed by atoms with Gasteiger partial charge in [0.15, 0.2) is 5.96 Å². The van der Waals surface area contributed by atoms with Crippen LogP contribution in [0, 0.1) is 0 Å². The van der Waals surface area contributed by atoms with Crippen molar-refractivity contribution in [3.05, 3.63) is 0 Å². The molecule has 0 aromatic heterocycles. The molecule has 0 radical (unpaired) electrons. The summed E-state index contributed by atoms with van der Waals surface area (Å²) in [6.45, 7) is 3.21. The summed E-state index contributed by atoms with van der Waals surface area (Å²) < 4.78 is 0.407. The quantitative estimate of drug-likeness (QED) is 0.272. The van der Waals surface area contributed by atoms with Crippen LogP contribution < -0.4 is 5.32 Å². The number of carbonyl (C=O) groups is 1. The number of likely N-dealkylation sites (N-methyl/N-ethyl adjacent to an activating group) is 1. The predicted molar refractivity (Wildman–Crippen MR) is 123 cm³/mol. The Kier molecular flexibility index (Phi) is 10.9. The number of amides is 1. The van der Waals surface area contributed by atoms with Crippen LogP contribution in [0.1, 0.15) is 32.1 Å². The van der Waals surface area contributed by atoms with Gasteiger partial charge in [0.25, 0.3) is 0 Å². The van der Waals surface area contributed by atoms with E-state index < -0.39 is 0 Å². The molecule has 0 unspecified atom stereocenters. The van der Waals surface area contributed by atoms with Crippen molar-refractivity contribution in [1.82, 2.24) is 15.1 Å². The van der Waals surface area contributed by atoms with Crippen molar-refractivity contribution in [1.29, 1.82) is 0 Å². The Balaban J connectivity index is 0.00000312. The SMILES string of the molecule is CSCCNC(=NCC(=O)N(C)C)N1CCSC2(CCCCC2)C1.I. The number of hydrogen-bond donors (Lipinski definition) is 1. The lowest BCUT2D eigenvalue weighted by molar-refractivity contribution is -0.127. The molecule has 1 saturated carbocycles. The van der Waals surface area contributed by atoms with E-state index in [0.29, 0.717) is 4.75 Å². The minimum Gasteiger partial charge on any atom is -0.355 e. The van der Waals surface area contributed by atoms with E-state index in [2.05, 4.69) is 33.2 Å². The zero-order chi connectivity index (χ0) is 17.4. The molecule has 2 fully saturated rings. The summed E-state index contributed by atoms with van der Waals surface area (Å²) >= 11 is 3.99. The predicted octanol–water partition coefficient (Wildman–Crippen LogP) is 2.75. The molecule has 1 aliphatic carbocycles. The van der Waals surface area contributed by atoms with Crippen molar-refractivity contribution in [2.75, 3.05) is 58.0 Å². The van der Waals surface area contributed by atoms with Gasteiger partial charge in [0.2, 0.25) is 5.91 Å². The third-order valence-electron chi connectivity index (χ3n) is 4.76. The number of halogens is 1. The van der Waals surface area contributed by atoms with Crippen LogP contribution in [0.15, 0.2) is 4.99 Å². The van der Waals surface area contributed by atoms with E-state index in [1.54, 1.807) is 19.0 Å². The van der Waals surface area contributed by atoms with Gasteiger partial charge in [-0.1, -0.05) is 19.3 Å². The lowest BCUT2D eigenvalue weighted by atomic mass is 9.87. The van der Waals surface area contributed by atoms with Crippen molar-refractivity contribution in [2.24, 2.45) is 4.99 Å². The summed E-state index contributed by atoms with van der Waals surface area (Å²) in [7, 11) is 3.57. The summed E-state index contributed by atoms with van der Waals surface area (Å²) in [6.07, 6.45) is 8.85. The van der Waals surface area contributed by atoms with E-state index in [-0.39, 0.29) is 36.4 Å². The first kappa shape index (κ1) is 23.2. The molecule has 0 bridgehead atoms. The van der Waals surface area contributed by atoms with E-state index in [9.17, 15) is 4.79 Å². The van der Waals surface area contributed by atoms with Gasteiger partial charge in [-0.25, -0.2) is 4.99 Å². The molecule has 1 saturated heterocycles. The van der Waals surface area contributed by atoms with Crippen molar-refractivity contribution < 1.29 is 4.79 Å². The summed E-state index contributed by atoms with van der Waals surface area (Å²) in [5.41, 5.74) is 0. The second-order valence-electron chi connectivity index (χ2n) is 6.86. The molecular formula is C17H33IN4OS2. The third-order valence-corrected chi connectivity index (χ3v) is 6.91. The van der Waals surface area contributed by atoms with E-state index in [1.807, 2.05) is 11.8 Å². The zero-order valence-corrected chi connectivity index (χ0v) is 19.7. The molecular weight excluding hydrogens is 467 g/mol. The molecule has 1 heterocycles. The molecule has 25 heavy (non-hydrogen) atoms. The third kappa shape index (κ3) is 7.36. The second kappa shape index (κ2) is 11.8. The highest BCUT2D eigenvalue weighted by Gasteiger charge is 2.38. The van der Waals surface area contributed by atoms with Crippen LogP contribution in [0.5, 0.6) is 0 Å². The Morgan fingerprint density at radius 2 is 2.04 bits per heavy atom. The molecule has 8 heteroatoms. The molecule has 0 atom stereocenters. The van der Waals surface area contributed by atoms with Crippen molar-refractivity contribution in [2.45, 2.75) is 36.9 Å². The average Bonchev–Trinajstić information content (AvgIpc) is 2.58. The Morgan fingerprint density at radius 1 is 1.32 bits per heavy atom. The van der Waals surface area contributed by atoms with Crippen LogP contribution in [0.4, 0.5) is 0 Å². The van der Waals surface area contributed by atoms with E-state index >= 15 is 0 Å². The molecule has 2 rings (SSSR count). The van der Waals surface area contributed by atoms with Gasteiger partial charge < -0.3 is 15.1 Å². The number of aliphatic imine (C=N–C) groups is 1. The Hall–Kier alpha value is 0.170. The first-order valence-corrected chi connectivity index (χ1v) is 11.3. The summed E-state index contributed by atoms with van der Waals surface area (Å²) in [4.78, 5) is 20.6. The Bertz CT molecular complexity index is 437. The lowest BCUT2D eigenvalue weighted by Gasteiger charge is -2.45. The monoisotopic (exact) mass is 500 g/mol. The molecule has 0 aromatic carbocycles. The van der Waals surface area contributed by atoms with E-state index in [0.717, 1.165) is 37.1 Å². The van der Waals surface area contributed by atoms with Crippen molar-refractivity contribution >= 4 is 59.4 Å². The molecule has 2 aliphatic rings. The molecule has 1 N–H and O–H groups in total. The fourth-order valence-corrected chi connectivity index (χ4v) is 5.22.